The number of carbonyl (C=O) groups excluding carboxylic acids is 2. The van der Waals surface area contributed by atoms with Crippen molar-refractivity contribution in [1.82, 2.24) is 14.7 Å². The largest absolute Gasteiger partial charge is 0.341 e. The Morgan fingerprint density at radius 3 is 1.85 bits per heavy atom. The van der Waals surface area contributed by atoms with E-state index in [-0.39, 0.29) is 17.9 Å². The molecule has 0 aromatic rings. The second-order valence-electron chi connectivity index (χ2n) is 9.01. The Hall–Kier alpha value is -1.10. The minimum absolute atomic E-state index is 0.0437. The van der Waals surface area contributed by atoms with Crippen molar-refractivity contribution >= 4 is 11.8 Å². The fourth-order valence-corrected chi connectivity index (χ4v) is 4.93. The number of rotatable bonds is 4. The van der Waals surface area contributed by atoms with Crippen molar-refractivity contribution in [3.8, 4) is 0 Å². The van der Waals surface area contributed by atoms with Gasteiger partial charge < -0.3 is 9.80 Å². The highest BCUT2D eigenvalue weighted by atomic mass is 16.2. The molecule has 1 unspecified atom stereocenters. The summed E-state index contributed by atoms with van der Waals surface area (Å²) in [5.74, 6) is 1.93. The molecule has 0 aromatic carbocycles. The monoisotopic (exact) mass is 363 g/mol. The number of piperidine rings is 1. The Morgan fingerprint density at radius 1 is 0.769 bits per heavy atom. The highest BCUT2D eigenvalue weighted by molar-refractivity contribution is 5.82. The van der Waals surface area contributed by atoms with Gasteiger partial charge in [-0.1, -0.05) is 33.6 Å². The van der Waals surface area contributed by atoms with Gasteiger partial charge in [0.1, 0.15) is 0 Å². The summed E-state index contributed by atoms with van der Waals surface area (Å²) in [6.45, 7) is 11.3. The van der Waals surface area contributed by atoms with Crippen LogP contribution in [0, 0.1) is 17.8 Å². The van der Waals surface area contributed by atoms with Gasteiger partial charge >= 0.3 is 0 Å². The molecule has 148 valence electrons. The Kier molecular flexibility index (Phi) is 6.60. The minimum atomic E-state index is 0.0437. The second kappa shape index (κ2) is 8.73. The zero-order chi connectivity index (χ0) is 18.7. The van der Waals surface area contributed by atoms with Gasteiger partial charge in [-0.2, -0.15) is 0 Å². The predicted molar refractivity (Wildman–Crippen MR) is 104 cm³/mol. The molecule has 5 heteroatoms. The third-order valence-electron chi connectivity index (χ3n) is 6.71. The number of carbonyl (C=O) groups is 2. The molecule has 1 aliphatic carbocycles. The molecule has 0 bridgehead atoms. The van der Waals surface area contributed by atoms with Crippen molar-refractivity contribution in [2.45, 2.75) is 65.3 Å². The summed E-state index contributed by atoms with van der Waals surface area (Å²) in [7, 11) is 0. The predicted octanol–water partition coefficient (Wildman–Crippen LogP) is 2.60. The van der Waals surface area contributed by atoms with Crippen LogP contribution in [0.2, 0.25) is 0 Å². The molecule has 3 rings (SSSR count). The van der Waals surface area contributed by atoms with E-state index in [0.717, 1.165) is 58.0 Å². The Labute approximate surface area is 159 Å². The highest BCUT2D eigenvalue weighted by Gasteiger charge is 2.39. The highest BCUT2D eigenvalue weighted by Crippen LogP contribution is 2.32. The minimum Gasteiger partial charge on any atom is -0.341 e. The van der Waals surface area contributed by atoms with Crippen LogP contribution in [-0.4, -0.2) is 71.8 Å². The Morgan fingerprint density at radius 2 is 1.31 bits per heavy atom. The van der Waals surface area contributed by atoms with Crippen LogP contribution in [-0.2, 0) is 9.59 Å². The maximum atomic E-state index is 13.4. The normalized spacial score (nSPS) is 25.1. The van der Waals surface area contributed by atoms with E-state index in [0.29, 0.717) is 11.8 Å². The molecule has 1 atom stereocenters. The summed E-state index contributed by atoms with van der Waals surface area (Å²) in [5, 5.41) is 0. The van der Waals surface area contributed by atoms with Gasteiger partial charge in [-0.15, -0.1) is 0 Å². The van der Waals surface area contributed by atoms with Gasteiger partial charge in [-0.05, 0) is 37.5 Å². The molecule has 0 spiro atoms. The van der Waals surface area contributed by atoms with Crippen molar-refractivity contribution in [3.05, 3.63) is 0 Å². The van der Waals surface area contributed by atoms with Gasteiger partial charge in [0, 0.05) is 45.2 Å². The van der Waals surface area contributed by atoms with Crippen LogP contribution in [0.15, 0.2) is 0 Å². The van der Waals surface area contributed by atoms with Gasteiger partial charge in [0.15, 0.2) is 0 Å². The van der Waals surface area contributed by atoms with Gasteiger partial charge in [-0.3, -0.25) is 14.5 Å². The number of likely N-dealkylation sites (tertiary alicyclic amines) is 1. The smallest absolute Gasteiger partial charge is 0.240 e. The molecule has 3 aliphatic rings. The maximum absolute atomic E-state index is 13.4. The fourth-order valence-electron chi connectivity index (χ4n) is 4.93. The first-order valence-corrected chi connectivity index (χ1v) is 10.8. The second-order valence-corrected chi connectivity index (χ2v) is 9.01. The molecule has 1 saturated carbocycles. The SMILES string of the molecule is CC1CCN(C(=O)C(C2CCCC2)N2CCN(C(=O)C(C)C)CC2)CC1. The number of piperazine rings is 1. The third-order valence-corrected chi connectivity index (χ3v) is 6.71. The number of nitrogens with zero attached hydrogens (tertiary/aromatic N) is 3. The molecule has 2 aliphatic heterocycles. The zero-order valence-corrected chi connectivity index (χ0v) is 17.0. The van der Waals surface area contributed by atoms with Gasteiger partial charge in [-0.25, -0.2) is 0 Å². The molecule has 2 heterocycles. The van der Waals surface area contributed by atoms with E-state index >= 15 is 0 Å². The number of hydrogen-bond donors (Lipinski definition) is 0. The van der Waals surface area contributed by atoms with E-state index in [9.17, 15) is 9.59 Å². The van der Waals surface area contributed by atoms with E-state index in [1.807, 2.05) is 18.7 Å². The van der Waals surface area contributed by atoms with Crippen LogP contribution in [0.5, 0.6) is 0 Å². The number of amides is 2. The fraction of sp³-hybridized carbons (Fsp3) is 0.905. The zero-order valence-electron chi connectivity index (χ0n) is 17.0. The lowest BCUT2D eigenvalue weighted by atomic mass is 9.92. The standard InChI is InChI=1S/C21H37N3O2/c1-16(2)20(25)24-14-12-22(13-15-24)19(18-6-4-5-7-18)21(26)23-10-8-17(3)9-11-23/h16-19H,4-15H2,1-3H3. The van der Waals surface area contributed by atoms with Crippen molar-refractivity contribution in [3.63, 3.8) is 0 Å². The molecule has 5 nitrogen and oxygen atoms in total. The first-order valence-electron chi connectivity index (χ1n) is 10.8. The quantitative estimate of drug-likeness (QED) is 0.771. The molecule has 2 saturated heterocycles. The van der Waals surface area contributed by atoms with E-state index in [2.05, 4.69) is 16.7 Å². The first-order chi connectivity index (χ1) is 12.5. The average molecular weight is 364 g/mol. The van der Waals surface area contributed by atoms with E-state index in [1.54, 1.807) is 0 Å². The maximum Gasteiger partial charge on any atom is 0.240 e. The van der Waals surface area contributed by atoms with Gasteiger partial charge in [0.25, 0.3) is 0 Å². The van der Waals surface area contributed by atoms with Crippen LogP contribution in [0.1, 0.15) is 59.3 Å². The van der Waals surface area contributed by atoms with Crippen molar-refractivity contribution in [2.24, 2.45) is 17.8 Å². The van der Waals surface area contributed by atoms with Crippen LogP contribution in [0.4, 0.5) is 0 Å². The molecular weight excluding hydrogens is 326 g/mol. The van der Waals surface area contributed by atoms with Crippen molar-refractivity contribution in [2.75, 3.05) is 39.3 Å². The van der Waals surface area contributed by atoms with E-state index in [4.69, 9.17) is 0 Å². The lowest BCUT2D eigenvalue weighted by Gasteiger charge is -2.43. The van der Waals surface area contributed by atoms with E-state index < -0.39 is 0 Å². The summed E-state index contributed by atoms with van der Waals surface area (Å²) in [4.78, 5) is 32.2. The first kappa shape index (κ1) is 19.7. The van der Waals surface area contributed by atoms with E-state index in [1.165, 1.54) is 25.7 Å². The number of hydrogen-bond acceptors (Lipinski definition) is 3. The third kappa shape index (κ3) is 4.41. The van der Waals surface area contributed by atoms with Crippen molar-refractivity contribution in [1.29, 1.82) is 0 Å². The van der Waals surface area contributed by atoms with Crippen LogP contribution in [0.25, 0.3) is 0 Å². The summed E-state index contributed by atoms with van der Waals surface area (Å²) in [6.07, 6.45) is 7.17. The average Bonchev–Trinajstić information content (AvgIpc) is 3.16. The summed E-state index contributed by atoms with van der Waals surface area (Å²) < 4.78 is 0. The molecular formula is C21H37N3O2. The van der Waals surface area contributed by atoms with Crippen LogP contribution >= 0.6 is 0 Å². The molecule has 26 heavy (non-hydrogen) atoms. The topological polar surface area (TPSA) is 43.9 Å². The van der Waals surface area contributed by atoms with Crippen molar-refractivity contribution < 1.29 is 9.59 Å². The Balaban J connectivity index is 1.65. The molecule has 0 aromatic heterocycles. The van der Waals surface area contributed by atoms with Crippen LogP contribution < -0.4 is 0 Å². The van der Waals surface area contributed by atoms with Crippen LogP contribution in [0.3, 0.4) is 0 Å². The summed E-state index contributed by atoms with van der Waals surface area (Å²) in [5.41, 5.74) is 0. The Bertz CT molecular complexity index is 485. The summed E-state index contributed by atoms with van der Waals surface area (Å²) in [6, 6.07) is 0.0437. The molecule has 2 amide bonds. The molecule has 0 radical (unpaired) electrons. The molecule has 3 fully saturated rings. The lowest BCUT2D eigenvalue weighted by Crippen LogP contribution is -2.59. The lowest BCUT2D eigenvalue weighted by molar-refractivity contribution is -0.143. The van der Waals surface area contributed by atoms with Gasteiger partial charge in [0.2, 0.25) is 11.8 Å². The summed E-state index contributed by atoms with van der Waals surface area (Å²) >= 11 is 0. The van der Waals surface area contributed by atoms with Gasteiger partial charge in [0.05, 0.1) is 6.04 Å². The molecule has 0 N–H and O–H groups in total.